The van der Waals surface area contributed by atoms with E-state index < -0.39 is 24.2 Å². The molecular formula is C26H33F3N6O2. The summed E-state index contributed by atoms with van der Waals surface area (Å²) in [7, 11) is 0. The van der Waals surface area contributed by atoms with Gasteiger partial charge in [-0.1, -0.05) is 6.07 Å². The highest BCUT2D eigenvalue weighted by molar-refractivity contribution is 5.64. The molecule has 0 spiro atoms. The smallest absolute Gasteiger partial charge is 0.382 e. The number of aliphatic hydroxyl groups excluding tert-OH is 1. The maximum atomic E-state index is 12.5. The molecule has 4 rings (SSSR count). The van der Waals surface area contributed by atoms with Gasteiger partial charge in [0, 0.05) is 50.1 Å². The number of nitriles is 1. The first kappa shape index (κ1) is 27.1. The molecule has 1 atom stereocenters. The van der Waals surface area contributed by atoms with Crippen LogP contribution in [0, 0.1) is 16.7 Å². The lowest BCUT2D eigenvalue weighted by Gasteiger charge is -2.31. The van der Waals surface area contributed by atoms with Crippen LogP contribution in [0.2, 0.25) is 0 Å². The van der Waals surface area contributed by atoms with Gasteiger partial charge in [-0.25, -0.2) is 9.97 Å². The van der Waals surface area contributed by atoms with Crippen LogP contribution in [0.5, 0.6) is 0 Å². The fraction of sp³-hybridized carbons (Fsp3) is 0.577. The molecule has 11 heteroatoms. The van der Waals surface area contributed by atoms with Crippen molar-refractivity contribution < 1.29 is 23.0 Å². The van der Waals surface area contributed by atoms with E-state index >= 15 is 0 Å². The van der Waals surface area contributed by atoms with E-state index in [4.69, 9.17) is 9.72 Å². The Hall–Kier alpha value is -2.94. The molecule has 4 N–H and O–H groups in total. The maximum Gasteiger partial charge on any atom is 0.415 e. The minimum Gasteiger partial charge on any atom is -0.382 e. The molecule has 0 bridgehead atoms. The average Bonchev–Trinajstić information content (AvgIpc) is 2.92. The van der Waals surface area contributed by atoms with Crippen LogP contribution in [-0.4, -0.2) is 65.7 Å². The summed E-state index contributed by atoms with van der Waals surface area (Å²) in [5, 5.41) is 28.4. The van der Waals surface area contributed by atoms with Gasteiger partial charge >= 0.3 is 6.18 Å². The zero-order chi connectivity index (χ0) is 26.3. The third-order valence-electron chi connectivity index (χ3n) is 7.16. The van der Waals surface area contributed by atoms with E-state index in [1.54, 1.807) is 6.20 Å². The molecule has 1 saturated carbocycles. The first-order chi connectivity index (χ1) is 17.8. The second kappa shape index (κ2) is 12.1. The molecule has 0 amide bonds. The predicted molar refractivity (Wildman–Crippen MR) is 134 cm³/mol. The number of nitrogens with zero attached hydrogens (tertiary/aromatic N) is 3. The normalized spacial score (nSPS) is 22.6. The molecule has 37 heavy (non-hydrogen) atoms. The Labute approximate surface area is 214 Å². The molecule has 200 valence electrons. The second-order valence-corrected chi connectivity index (χ2v) is 9.85. The largest absolute Gasteiger partial charge is 0.415 e. The van der Waals surface area contributed by atoms with Crippen molar-refractivity contribution in [3.63, 3.8) is 0 Å². The molecule has 3 heterocycles. The molecular weight excluding hydrogens is 485 g/mol. The summed E-state index contributed by atoms with van der Waals surface area (Å²) in [6.45, 7) is 1.21. The predicted octanol–water partition coefficient (Wildman–Crippen LogP) is 4.11. The van der Waals surface area contributed by atoms with Crippen molar-refractivity contribution in [3.8, 4) is 17.3 Å². The molecule has 1 aliphatic heterocycles. The standard InChI is InChI=1S/C26H33F3N6O2/c27-26(28,29)22(36)15-32-19-4-6-20(7-5-19)34-24-14-18(8-11-31-24)21-2-1-3-23(35-21)33-17-25(16-30)9-12-37-13-10-25/h1-3,8,11,14,19-20,22,32,36H,4-7,9-10,12-13,15,17H2,(H,31,34)(H,33,35). The first-order valence-corrected chi connectivity index (χ1v) is 12.7. The lowest BCUT2D eigenvalue weighted by Crippen LogP contribution is -2.44. The number of anilines is 2. The van der Waals surface area contributed by atoms with Gasteiger partial charge in [-0.2, -0.15) is 18.4 Å². The van der Waals surface area contributed by atoms with Gasteiger partial charge in [0.25, 0.3) is 0 Å². The van der Waals surface area contributed by atoms with Gasteiger partial charge in [0.05, 0.1) is 17.2 Å². The van der Waals surface area contributed by atoms with Crippen molar-refractivity contribution in [2.45, 2.75) is 62.9 Å². The highest BCUT2D eigenvalue weighted by Crippen LogP contribution is 2.30. The van der Waals surface area contributed by atoms with E-state index in [0.717, 1.165) is 24.1 Å². The van der Waals surface area contributed by atoms with Crippen molar-refractivity contribution in [1.29, 1.82) is 5.26 Å². The van der Waals surface area contributed by atoms with Crippen molar-refractivity contribution in [2.24, 2.45) is 5.41 Å². The van der Waals surface area contributed by atoms with Gasteiger partial charge in [0.1, 0.15) is 11.6 Å². The van der Waals surface area contributed by atoms with E-state index in [1.165, 1.54) is 0 Å². The summed E-state index contributed by atoms with van der Waals surface area (Å²) in [5.74, 6) is 1.42. The fourth-order valence-corrected chi connectivity index (χ4v) is 4.76. The SMILES string of the molecule is N#CC1(CNc2cccc(-c3ccnc(NC4CCC(NCC(O)C(F)(F)F)CC4)c3)n2)CCOCC1. The van der Waals surface area contributed by atoms with Crippen molar-refractivity contribution in [3.05, 3.63) is 36.5 Å². The van der Waals surface area contributed by atoms with E-state index in [2.05, 4.69) is 27.0 Å². The van der Waals surface area contributed by atoms with E-state index in [1.807, 2.05) is 30.3 Å². The van der Waals surface area contributed by atoms with Gasteiger partial charge in [-0.05, 0) is 62.8 Å². The van der Waals surface area contributed by atoms with Crippen LogP contribution in [0.25, 0.3) is 11.3 Å². The van der Waals surface area contributed by atoms with Crippen LogP contribution in [0.3, 0.4) is 0 Å². The van der Waals surface area contributed by atoms with E-state index in [9.17, 15) is 23.5 Å². The molecule has 1 aliphatic carbocycles. The minimum absolute atomic E-state index is 0.0462. The highest BCUT2D eigenvalue weighted by Gasteiger charge is 2.38. The summed E-state index contributed by atoms with van der Waals surface area (Å²) >= 11 is 0. The monoisotopic (exact) mass is 518 g/mol. The Morgan fingerprint density at radius 1 is 1.11 bits per heavy atom. The number of aliphatic hydroxyl groups is 1. The topological polar surface area (TPSA) is 115 Å². The quantitative estimate of drug-likeness (QED) is 0.392. The number of hydrogen-bond acceptors (Lipinski definition) is 8. The Kier molecular flexibility index (Phi) is 8.84. The van der Waals surface area contributed by atoms with Crippen molar-refractivity contribution in [2.75, 3.05) is 36.9 Å². The van der Waals surface area contributed by atoms with Crippen LogP contribution < -0.4 is 16.0 Å². The third-order valence-corrected chi connectivity index (χ3v) is 7.16. The van der Waals surface area contributed by atoms with Gasteiger partial charge in [-0.3, -0.25) is 0 Å². The van der Waals surface area contributed by atoms with Gasteiger partial charge in [0.15, 0.2) is 6.10 Å². The first-order valence-electron chi connectivity index (χ1n) is 12.7. The van der Waals surface area contributed by atoms with E-state index in [0.29, 0.717) is 57.1 Å². The number of halogens is 3. The minimum atomic E-state index is -4.60. The third kappa shape index (κ3) is 7.53. The van der Waals surface area contributed by atoms with Crippen LogP contribution in [0.1, 0.15) is 38.5 Å². The van der Waals surface area contributed by atoms with Crippen LogP contribution in [0.15, 0.2) is 36.5 Å². The molecule has 1 saturated heterocycles. The van der Waals surface area contributed by atoms with Crippen molar-refractivity contribution >= 4 is 11.6 Å². The highest BCUT2D eigenvalue weighted by atomic mass is 19.4. The summed E-state index contributed by atoms with van der Waals surface area (Å²) < 4.78 is 42.9. The zero-order valence-corrected chi connectivity index (χ0v) is 20.6. The molecule has 2 fully saturated rings. The van der Waals surface area contributed by atoms with Gasteiger partial charge < -0.3 is 25.8 Å². The molecule has 0 radical (unpaired) electrons. The lowest BCUT2D eigenvalue weighted by molar-refractivity contribution is -0.202. The number of hydrogen-bond donors (Lipinski definition) is 4. The Bertz CT molecular complexity index is 1060. The molecule has 0 aromatic carbocycles. The number of alkyl halides is 3. The van der Waals surface area contributed by atoms with Crippen LogP contribution in [-0.2, 0) is 4.74 Å². The van der Waals surface area contributed by atoms with Crippen molar-refractivity contribution in [1.82, 2.24) is 15.3 Å². The molecule has 2 aliphatic rings. The zero-order valence-electron chi connectivity index (χ0n) is 20.6. The summed E-state index contributed by atoms with van der Waals surface area (Å²) in [5.41, 5.74) is 1.24. The Morgan fingerprint density at radius 3 is 2.54 bits per heavy atom. The Balaban J connectivity index is 1.30. The van der Waals surface area contributed by atoms with Gasteiger partial charge in [0.2, 0.25) is 0 Å². The molecule has 8 nitrogen and oxygen atoms in total. The molecule has 2 aromatic rings. The Morgan fingerprint density at radius 2 is 1.84 bits per heavy atom. The molecule has 2 aromatic heterocycles. The fourth-order valence-electron chi connectivity index (χ4n) is 4.76. The van der Waals surface area contributed by atoms with Crippen LogP contribution >= 0.6 is 0 Å². The number of aromatic nitrogens is 2. The average molecular weight is 519 g/mol. The number of rotatable bonds is 9. The second-order valence-electron chi connectivity index (χ2n) is 9.85. The summed E-state index contributed by atoms with van der Waals surface area (Å²) in [4.78, 5) is 9.16. The maximum absolute atomic E-state index is 12.5. The number of ether oxygens (including phenoxy) is 1. The number of nitrogens with one attached hydrogen (secondary N) is 3. The van der Waals surface area contributed by atoms with Crippen LogP contribution in [0.4, 0.5) is 24.8 Å². The molecule has 1 unspecified atom stereocenters. The summed E-state index contributed by atoms with van der Waals surface area (Å²) in [6.07, 6.45) is -0.821. The van der Waals surface area contributed by atoms with Gasteiger partial charge in [-0.15, -0.1) is 0 Å². The van der Waals surface area contributed by atoms with E-state index in [-0.39, 0.29) is 12.1 Å². The lowest BCUT2D eigenvalue weighted by atomic mass is 9.82. The summed E-state index contributed by atoms with van der Waals surface area (Å²) in [6, 6.07) is 12.1. The number of pyridine rings is 2.